The standard InChI is InChI=1S/C14H19NO4S/c1-18-11-5-8(6-12(20-3)13(11)19-2)10-4-9(7-15-10)14(16)17/h5-6,9-10,15H,4,7H2,1-3H3,(H,16,17). The van der Waals surface area contributed by atoms with Gasteiger partial charge < -0.3 is 19.9 Å². The summed E-state index contributed by atoms with van der Waals surface area (Å²) >= 11 is 1.58. The Balaban J connectivity index is 2.31. The summed E-state index contributed by atoms with van der Waals surface area (Å²) in [4.78, 5) is 12.0. The van der Waals surface area contributed by atoms with Crippen LogP contribution in [-0.2, 0) is 4.79 Å². The molecule has 1 aromatic rings. The molecule has 0 amide bonds. The van der Waals surface area contributed by atoms with Gasteiger partial charge in [-0.15, -0.1) is 11.8 Å². The average molecular weight is 297 g/mol. The number of carboxylic acid groups (broad SMARTS) is 1. The highest BCUT2D eigenvalue weighted by molar-refractivity contribution is 7.98. The molecule has 1 aliphatic rings. The highest BCUT2D eigenvalue weighted by atomic mass is 32.2. The number of nitrogens with one attached hydrogen (secondary N) is 1. The van der Waals surface area contributed by atoms with Crippen LogP contribution in [0.4, 0.5) is 0 Å². The van der Waals surface area contributed by atoms with E-state index in [2.05, 4.69) is 5.32 Å². The van der Waals surface area contributed by atoms with Crippen molar-refractivity contribution in [2.45, 2.75) is 17.4 Å². The second-order valence-electron chi connectivity index (χ2n) is 4.69. The van der Waals surface area contributed by atoms with Crippen LogP contribution in [0.5, 0.6) is 11.5 Å². The van der Waals surface area contributed by atoms with Crippen LogP contribution in [0.1, 0.15) is 18.0 Å². The maximum absolute atomic E-state index is 11.0. The summed E-state index contributed by atoms with van der Waals surface area (Å²) in [5, 5.41) is 12.3. The minimum atomic E-state index is -0.745. The molecule has 0 spiro atoms. The number of ether oxygens (including phenoxy) is 2. The zero-order valence-corrected chi connectivity index (χ0v) is 12.6. The van der Waals surface area contributed by atoms with E-state index in [1.165, 1.54) is 0 Å². The third-order valence-corrected chi connectivity index (χ3v) is 4.31. The Morgan fingerprint density at radius 3 is 2.65 bits per heavy atom. The lowest BCUT2D eigenvalue weighted by Gasteiger charge is -2.17. The Bertz CT molecular complexity index is 481. The van der Waals surface area contributed by atoms with Gasteiger partial charge in [-0.3, -0.25) is 4.79 Å². The minimum absolute atomic E-state index is 0.0433. The maximum atomic E-state index is 11.0. The van der Waals surface area contributed by atoms with Crippen molar-refractivity contribution in [2.75, 3.05) is 27.0 Å². The van der Waals surface area contributed by atoms with Crippen molar-refractivity contribution in [3.63, 3.8) is 0 Å². The molecule has 5 nitrogen and oxygen atoms in total. The molecule has 1 saturated heterocycles. The molecular formula is C14H19NO4S. The molecule has 2 atom stereocenters. The number of thioether (sulfide) groups is 1. The Hall–Kier alpha value is -1.40. The number of benzene rings is 1. The van der Waals surface area contributed by atoms with E-state index in [0.29, 0.717) is 18.7 Å². The number of carboxylic acids is 1. The second-order valence-corrected chi connectivity index (χ2v) is 5.54. The lowest BCUT2D eigenvalue weighted by Crippen LogP contribution is -2.17. The predicted octanol–water partition coefficient (Wildman–Crippen LogP) is 2.16. The van der Waals surface area contributed by atoms with Gasteiger partial charge in [0.2, 0.25) is 0 Å². The highest BCUT2D eigenvalue weighted by Crippen LogP contribution is 2.40. The van der Waals surface area contributed by atoms with Gasteiger partial charge in [0.05, 0.1) is 25.0 Å². The number of aliphatic carboxylic acids is 1. The Morgan fingerprint density at radius 1 is 1.40 bits per heavy atom. The van der Waals surface area contributed by atoms with Crippen LogP contribution in [0.15, 0.2) is 17.0 Å². The molecule has 1 aliphatic heterocycles. The van der Waals surface area contributed by atoms with Gasteiger partial charge in [0, 0.05) is 12.6 Å². The van der Waals surface area contributed by atoms with Crippen LogP contribution in [0.2, 0.25) is 0 Å². The molecule has 1 fully saturated rings. The van der Waals surface area contributed by atoms with Gasteiger partial charge in [0.25, 0.3) is 0 Å². The summed E-state index contributed by atoms with van der Waals surface area (Å²) in [6.45, 7) is 0.503. The topological polar surface area (TPSA) is 67.8 Å². The van der Waals surface area contributed by atoms with E-state index in [0.717, 1.165) is 16.2 Å². The Kier molecular flexibility index (Phi) is 4.77. The summed E-state index contributed by atoms with van der Waals surface area (Å²) in [6.07, 6.45) is 2.57. The molecular weight excluding hydrogens is 278 g/mol. The molecule has 2 rings (SSSR count). The monoisotopic (exact) mass is 297 g/mol. The number of methoxy groups -OCH3 is 2. The summed E-state index contributed by atoms with van der Waals surface area (Å²) in [5.74, 6) is 0.322. The quantitative estimate of drug-likeness (QED) is 0.812. The van der Waals surface area contributed by atoms with Crippen molar-refractivity contribution in [1.29, 1.82) is 0 Å². The lowest BCUT2D eigenvalue weighted by atomic mass is 10.00. The molecule has 110 valence electrons. The normalized spacial score (nSPS) is 21.8. The molecule has 6 heteroatoms. The van der Waals surface area contributed by atoms with E-state index >= 15 is 0 Å². The van der Waals surface area contributed by atoms with Crippen LogP contribution in [0.3, 0.4) is 0 Å². The smallest absolute Gasteiger partial charge is 0.307 e. The van der Waals surface area contributed by atoms with Crippen LogP contribution in [-0.4, -0.2) is 38.1 Å². The van der Waals surface area contributed by atoms with Gasteiger partial charge in [-0.2, -0.15) is 0 Å². The van der Waals surface area contributed by atoms with Gasteiger partial charge in [0.15, 0.2) is 11.5 Å². The van der Waals surface area contributed by atoms with Gasteiger partial charge in [-0.05, 0) is 30.4 Å². The Labute approximate surface area is 122 Å². The fourth-order valence-electron chi connectivity index (χ4n) is 2.48. The van der Waals surface area contributed by atoms with Gasteiger partial charge in [-0.1, -0.05) is 0 Å². The fourth-order valence-corrected chi connectivity index (χ4v) is 3.10. The van der Waals surface area contributed by atoms with E-state index in [4.69, 9.17) is 14.6 Å². The van der Waals surface area contributed by atoms with E-state index in [1.54, 1.807) is 26.0 Å². The van der Waals surface area contributed by atoms with Crippen LogP contribution in [0.25, 0.3) is 0 Å². The molecule has 0 aromatic heterocycles. The van der Waals surface area contributed by atoms with Crippen LogP contribution >= 0.6 is 11.8 Å². The molecule has 0 radical (unpaired) electrons. The van der Waals surface area contributed by atoms with Crippen molar-refractivity contribution in [1.82, 2.24) is 5.32 Å². The molecule has 0 aliphatic carbocycles. The zero-order chi connectivity index (χ0) is 14.7. The molecule has 0 bridgehead atoms. The molecule has 2 N–H and O–H groups in total. The van der Waals surface area contributed by atoms with Crippen molar-refractivity contribution in [3.05, 3.63) is 17.7 Å². The zero-order valence-electron chi connectivity index (χ0n) is 11.8. The van der Waals surface area contributed by atoms with E-state index < -0.39 is 5.97 Å². The first-order valence-corrected chi connectivity index (χ1v) is 7.59. The summed E-state index contributed by atoms with van der Waals surface area (Å²) in [5.41, 5.74) is 1.04. The van der Waals surface area contributed by atoms with Gasteiger partial charge >= 0.3 is 5.97 Å². The van der Waals surface area contributed by atoms with Crippen molar-refractivity contribution in [2.24, 2.45) is 5.92 Å². The highest BCUT2D eigenvalue weighted by Gasteiger charge is 2.31. The summed E-state index contributed by atoms with van der Waals surface area (Å²) in [6, 6.07) is 4.00. The van der Waals surface area contributed by atoms with Crippen molar-refractivity contribution < 1.29 is 19.4 Å². The number of hydrogen-bond donors (Lipinski definition) is 2. The first-order valence-electron chi connectivity index (χ1n) is 6.36. The molecule has 0 saturated carbocycles. The SMILES string of the molecule is COc1cc(C2CC(C(=O)O)CN2)cc(SC)c1OC. The van der Waals surface area contributed by atoms with E-state index in [1.807, 2.05) is 18.4 Å². The molecule has 1 heterocycles. The van der Waals surface area contributed by atoms with Gasteiger partial charge in [0.1, 0.15) is 0 Å². The van der Waals surface area contributed by atoms with Gasteiger partial charge in [-0.25, -0.2) is 0 Å². The van der Waals surface area contributed by atoms with Crippen molar-refractivity contribution in [3.8, 4) is 11.5 Å². The second kappa shape index (κ2) is 6.37. The largest absolute Gasteiger partial charge is 0.493 e. The maximum Gasteiger partial charge on any atom is 0.307 e. The van der Waals surface area contributed by atoms with Crippen LogP contribution in [0, 0.1) is 5.92 Å². The average Bonchev–Trinajstić information content (AvgIpc) is 2.95. The van der Waals surface area contributed by atoms with Crippen molar-refractivity contribution >= 4 is 17.7 Å². The Morgan fingerprint density at radius 2 is 2.15 bits per heavy atom. The third kappa shape index (κ3) is 2.86. The van der Waals surface area contributed by atoms with E-state index in [9.17, 15) is 4.79 Å². The van der Waals surface area contributed by atoms with E-state index in [-0.39, 0.29) is 12.0 Å². The third-order valence-electron chi connectivity index (χ3n) is 3.57. The number of hydrogen-bond acceptors (Lipinski definition) is 5. The number of rotatable bonds is 5. The molecule has 1 aromatic carbocycles. The molecule has 20 heavy (non-hydrogen) atoms. The van der Waals surface area contributed by atoms with Crippen LogP contribution < -0.4 is 14.8 Å². The summed E-state index contributed by atoms with van der Waals surface area (Å²) in [7, 11) is 3.22. The summed E-state index contributed by atoms with van der Waals surface area (Å²) < 4.78 is 10.7. The minimum Gasteiger partial charge on any atom is -0.493 e. The number of carbonyl (C=O) groups is 1. The fraction of sp³-hybridized carbons (Fsp3) is 0.500. The predicted molar refractivity (Wildman–Crippen MR) is 77.8 cm³/mol. The first-order chi connectivity index (χ1) is 9.60. The lowest BCUT2D eigenvalue weighted by molar-refractivity contribution is -0.141. The molecule has 2 unspecified atom stereocenters. The first kappa shape index (κ1) is 15.0.